The van der Waals surface area contributed by atoms with Crippen LogP contribution < -0.4 is 5.32 Å². The Hall–Kier alpha value is -2.40. The van der Waals surface area contributed by atoms with Gasteiger partial charge in [-0.05, 0) is 92.4 Å². The molecule has 10 heteroatoms. The second-order valence-electron chi connectivity index (χ2n) is 12.7. The van der Waals surface area contributed by atoms with Crippen LogP contribution in [-0.4, -0.2) is 71.3 Å². The molecule has 5 N–H and O–H groups in total. The molecule has 0 amide bonds. The number of hydrogen-bond donors (Lipinski definition) is 5. The molecule has 2 atom stereocenters. The third kappa shape index (κ3) is 15.2. The summed E-state index contributed by atoms with van der Waals surface area (Å²) in [7, 11) is 0. The van der Waals surface area contributed by atoms with E-state index in [1.165, 1.54) is 0 Å². The Morgan fingerprint density at radius 3 is 2.16 bits per heavy atom. The van der Waals surface area contributed by atoms with Crippen molar-refractivity contribution < 1.29 is 29.9 Å². The van der Waals surface area contributed by atoms with E-state index in [9.17, 15) is 20.4 Å². The number of hydrogen-bond acceptors (Lipinski definition) is 8. The summed E-state index contributed by atoms with van der Waals surface area (Å²) in [5.41, 5.74) is 3.75. The molecule has 3 aromatic carbocycles. The van der Waals surface area contributed by atoms with E-state index in [1.807, 2.05) is 25.1 Å². The average Bonchev–Trinajstić information content (AvgIpc) is 3.08. The standard InChI is InChI=1S/C39H56Cl2N2O6/c1-3-4-9-19-43(27-39(47)30-14-16-36(44)29(2)23-30)26-32-24-31(15-17-37(32)45)38(46)25-42-18-8-6-5-7-10-20-48-21-22-49-28-33-34(40)12-11-13-35(33)41/h11-17,23-24,38-39,42,44-47H,3-10,18-22,25-28H2,1-2H3. The largest absolute Gasteiger partial charge is 0.508 e. The third-order valence-corrected chi connectivity index (χ3v) is 9.37. The molecule has 0 aliphatic rings. The lowest BCUT2D eigenvalue weighted by molar-refractivity contribution is 0.0393. The molecule has 0 saturated heterocycles. The van der Waals surface area contributed by atoms with Gasteiger partial charge in [0.1, 0.15) is 11.5 Å². The molecule has 3 aromatic rings. The van der Waals surface area contributed by atoms with E-state index in [-0.39, 0.29) is 11.5 Å². The molecule has 8 nitrogen and oxygen atoms in total. The first kappa shape index (κ1) is 41.0. The number of benzene rings is 3. The lowest BCUT2D eigenvalue weighted by Gasteiger charge is -2.26. The summed E-state index contributed by atoms with van der Waals surface area (Å²) in [5.74, 6) is 0.385. The Morgan fingerprint density at radius 2 is 1.43 bits per heavy atom. The van der Waals surface area contributed by atoms with E-state index in [0.29, 0.717) is 56.1 Å². The van der Waals surface area contributed by atoms with Gasteiger partial charge in [-0.2, -0.15) is 0 Å². The average molecular weight is 720 g/mol. The van der Waals surface area contributed by atoms with Crippen LogP contribution in [0.1, 0.15) is 98.3 Å². The molecule has 0 saturated carbocycles. The molecule has 0 bridgehead atoms. The molecule has 0 fully saturated rings. The van der Waals surface area contributed by atoms with E-state index < -0.39 is 12.2 Å². The normalized spacial score (nSPS) is 12.9. The Balaban J connectivity index is 1.31. The monoisotopic (exact) mass is 718 g/mol. The zero-order chi connectivity index (χ0) is 35.4. The molecule has 0 radical (unpaired) electrons. The Bertz CT molecular complexity index is 1360. The quantitative estimate of drug-likeness (QED) is 0.0557. The van der Waals surface area contributed by atoms with Gasteiger partial charge < -0.3 is 35.2 Å². The van der Waals surface area contributed by atoms with Crippen molar-refractivity contribution in [2.45, 2.75) is 90.6 Å². The molecule has 0 aromatic heterocycles. The van der Waals surface area contributed by atoms with Crippen molar-refractivity contribution in [3.8, 4) is 11.5 Å². The zero-order valence-corrected chi connectivity index (χ0v) is 30.7. The van der Waals surface area contributed by atoms with E-state index in [0.717, 1.165) is 92.3 Å². The fraction of sp³-hybridized carbons (Fsp3) is 0.538. The van der Waals surface area contributed by atoms with Gasteiger partial charge in [-0.25, -0.2) is 0 Å². The van der Waals surface area contributed by atoms with Crippen LogP contribution >= 0.6 is 23.2 Å². The molecule has 49 heavy (non-hydrogen) atoms. The van der Waals surface area contributed by atoms with Crippen molar-refractivity contribution in [1.29, 1.82) is 0 Å². The number of aromatic hydroxyl groups is 2. The summed E-state index contributed by atoms with van der Waals surface area (Å²) in [6, 6.07) is 15.9. The highest BCUT2D eigenvalue weighted by molar-refractivity contribution is 6.35. The highest BCUT2D eigenvalue weighted by atomic mass is 35.5. The van der Waals surface area contributed by atoms with Crippen molar-refractivity contribution in [1.82, 2.24) is 10.2 Å². The number of aliphatic hydroxyl groups excluding tert-OH is 2. The molecule has 0 aliphatic heterocycles. The van der Waals surface area contributed by atoms with Gasteiger partial charge in [0.2, 0.25) is 0 Å². The van der Waals surface area contributed by atoms with E-state index in [2.05, 4.69) is 17.1 Å². The summed E-state index contributed by atoms with van der Waals surface area (Å²) < 4.78 is 11.3. The minimum absolute atomic E-state index is 0.178. The van der Waals surface area contributed by atoms with Gasteiger partial charge in [0.25, 0.3) is 0 Å². The highest BCUT2D eigenvalue weighted by Gasteiger charge is 2.18. The number of ether oxygens (including phenoxy) is 2. The number of nitrogens with one attached hydrogen (secondary N) is 1. The van der Waals surface area contributed by atoms with Gasteiger partial charge in [0, 0.05) is 47.4 Å². The van der Waals surface area contributed by atoms with Crippen molar-refractivity contribution >= 4 is 23.2 Å². The van der Waals surface area contributed by atoms with Crippen molar-refractivity contribution in [2.75, 3.05) is 46.0 Å². The first-order valence-corrected chi connectivity index (χ1v) is 18.4. The highest BCUT2D eigenvalue weighted by Crippen LogP contribution is 2.27. The minimum atomic E-state index is -0.730. The molecule has 272 valence electrons. The third-order valence-electron chi connectivity index (χ3n) is 8.66. The SMILES string of the molecule is CCCCCN(Cc1cc(C(O)CNCCCCCCCOCCOCc2c(Cl)cccc2Cl)ccc1O)CC(O)c1ccc(O)c(C)c1. The van der Waals surface area contributed by atoms with Crippen LogP contribution in [0, 0.1) is 6.92 Å². The predicted molar refractivity (Wildman–Crippen MR) is 199 cm³/mol. The van der Waals surface area contributed by atoms with Gasteiger partial charge in [0.05, 0.1) is 32.0 Å². The maximum absolute atomic E-state index is 11.0. The maximum atomic E-state index is 11.0. The van der Waals surface area contributed by atoms with E-state index >= 15 is 0 Å². The molecule has 0 heterocycles. The van der Waals surface area contributed by atoms with Gasteiger partial charge in [-0.3, -0.25) is 4.90 Å². The number of rotatable bonds is 25. The van der Waals surface area contributed by atoms with Gasteiger partial charge >= 0.3 is 0 Å². The number of phenolic OH excluding ortho intramolecular Hbond substituents is 2. The Morgan fingerprint density at radius 1 is 0.755 bits per heavy atom. The maximum Gasteiger partial charge on any atom is 0.120 e. The topological polar surface area (TPSA) is 115 Å². The predicted octanol–water partition coefficient (Wildman–Crippen LogP) is 8.25. The lowest BCUT2D eigenvalue weighted by atomic mass is 10.0. The van der Waals surface area contributed by atoms with Crippen LogP contribution in [-0.2, 0) is 22.6 Å². The summed E-state index contributed by atoms with van der Waals surface area (Å²) in [6.07, 6.45) is 7.11. The minimum Gasteiger partial charge on any atom is -0.508 e. The van der Waals surface area contributed by atoms with Crippen LogP contribution in [0.25, 0.3) is 0 Å². The van der Waals surface area contributed by atoms with E-state index in [1.54, 1.807) is 36.4 Å². The van der Waals surface area contributed by atoms with Crippen molar-refractivity contribution in [3.63, 3.8) is 0 Å². The second-order valence-corrected chi connectivity index (χ2v) is 13.6. The van der Waals surface area contributed by atoms with Gasteiger partial charge in [-0.1, -0.05) is 80.4 Å². The van der Waals surface area contributed by atoms with Gasteiger partial charge in [-0.15, -0.1) is 0 Å². The number of aliphatic hydroxyl groups is 2. The smallest absolute Gasteiger partial charge is 0.120 e. The molecular weight excluding hydrogens is 663 g/mol. The number of nitrogens with zero attached hydrogens (tertiary/aromatic N) is 1. The Labute approximate surface area is 303 Å². The molecule has 0 spiro atoms. The van der Waals surface area contributed by atoms with Crippen molar-refractivity contribution in [3.05, 3.63) is 92.5 Å². The summed E-state index contributed by atoms with van der Waals surface area (Å²) in [5, 5.41) is 47.0. The molecular formula is C39H56Cl2N2O6. The second kappa shape index (κ2) is 23.1. The fourth-order valence-corrected chi connectivity index (χ4v) is 6.15. The molecule has 2 unspecified atom stereocenters. The van der Waals surface area contributed by atoms with Crippen LogP contribution in [0.4, 0.5) is 0 Å². The number of halogens is 2. The first-order valence-electron chi connectivity index (χ1n) is 17.7. The lowest BCUT2D eigenvalue weighted by Crippen LogP contribution is -2.29. The van der Waals surface area contributed by atoms with E-state index in [4.69, 9.17) is 32.7 Å². The van der Waals surface area contributed by atoms with Crippen LogP contribution in [0.5, 0.6) is 11.5 Å². The summed E-state index contributed by atoms with van der Waals surface area (Å²) in [4.78, 5) is 2.15. The fourth-order valence-electron chi connectivity index (χ4n) is 5.64. The van der Waals surface area contributed by atoms with Crippen LogP contribution in [0.3, 0.4) is 0 Å². The summed E-state index contributed by atoms with van der Waals surface area (Å²) >= 11 is 12.3. The van der Waals surface area contributed by atoms with Crippen molar-refractivity contribution in [2.24, 2.45) is 0 Å². The molecule has 0 aliphatic carbocycles. The number of phenols is 2. The Kier molecular flexibility index (Phi) is 19.4. The first-order chi connectivity index (χ1) is 23.7. The van der Waals surface area contributed by atoms with Crippen LogP contribution in [0.15, 0.2) is 54.6 Å². The number of unbranched alkanes of at least 4 members (excludes halogenated alkanes) is 6. The number of aryl methyl sites for hydroxylation is 1. The van der Waals surface area contributed by atoms with Gasteiger partial charge in [0.15, 0.2) is 0 Å². The molecule has 3 rings (SSSR count). The zero-order valence-electron chi connectivity index (χ0n) is 29.2. The van der Waals surface area contributed by atoms with Crippen LogP contribution in [0.2, 0.25) is 10.0 Å². The summed E-state index contributed by atoms with van der Waals surface area (Å²) in [6.45, 7) is 8.97.